The van der Waals surface area contributed by atoms with Gasteiger partial charge in [-0.25, -0.2) is 0 Å². The van der Waals surface area contributed by atoms with Crippen LogP contribution in [0.5, 0.6) is 0 Å². The minimum atomic E-state index is -0.0263. The molecule has 0 bridgehead atoms. The highest BCUT2D eigenvalue weighted by Gasteiger charge is 2.30. The van der Waals surface area contributed by atoms with Crippen LogP contribution < -0.4 is 5.32 Å². The van der Waals surface area contributed by atoms with Crippen LogP contribution in [0.2, 0.25) is 0 Å². The SMILES string of the molecule is CN1CC[C@@H](N[C@H]2C[C@@H](O)C2)C1. The van der Waals surface area contributed by atoms with Crippen molar-refractivity contribution >= 4 is 0 Å². The van der Waals surface area contributed by atoms with Crippen LogP contribution in [0.25, 0.3) is 0 Å². The second-order valence-electron chi connectivity index (χ2n) is 4.24. The molecule has 70 valence electrons. The second kappa shape index (κ2) is 3.32. The summed E-state index contributed by atoms with van der Waals surface area (Å²) in [7, 11) is 2.16. The summed E-state index contributed by atoms with van der Waals surface area (Å²) < 4.78 is 0. The van der Waals surface area contributed by atoms with Gasteiger partial charge in [-0.3, -0.25) is 0 Å². The lowest BCUT2D eigenvalue weighted by molar-refractivity contribution is 0.0582. The van der Waals surface area contributed by atoms with Gasteiger partial charge in [0.15, 0.2) is 0 Å². The van der Waals surface area contributed by atoms with Crippen molar-refractivity contribution in [3.63, 3.8) is 0 Å². The maximum atomic E-state index is 9.09. The highest BCUT2D eigenvalue weighted by atomic mass is 16.3. The van der Waals surface area contributed by atoms with Gasteiger partial charge in [-0.1, -0.05) is 0 Å². The van der Waals surface area contributed by atoms with Crippen molar-refractivity contribution in [1.82, 2.24) is 10.2 Å². The number of aliphatic hydroxyl groups is 1. The monoisotopic (exact) mass is 170 g/mol. The zero-order valence-electron chi connectivity index (χ0n) is 7.66. The molecule has 3 nitrogen and oxygen atoms in total. The van der Waals surface area contributed by atoms with Gasteiger partial charge in [-0.2, -0.15) is 0 Å². The van der Waals surface area contributed by atoms with Gasteiger partial charge in [0.2, 0.25) is 0 Å². The smallest absolute Gasteiger partial charge is 0.0570 e. The predicted octanol–water partition coefficient (Wildman–Crippen LogP) is -0.197. The molecule has 0 unspecified atom stereocenters. The van der Waals surface area contributed by atoms with E-state index in [9.17, 15) is 0 Å². The lowest BCUT2D eigenvalue weighted by atomic mass is 9.89. The van der Waals surface area contributed by atoms with Gasteiger partial charge in [-0.15, -0.1) is 0 Å². The van der Waals surface area contributed by atoms with Crippen molar-refractivity contribution in [2.45, 2.75) is 37.5 Å². The normalized spacial score (nSPS) is 43.0. The first-order chi connectivity index (χ1) is 5.74. The van der Waals surface area contributed by atoms with Gasteiger partial charge >= 0.3 is 0 Å². The van der Waals surface area contributed by atoms with Crippen LogP contribution in [0.15, 0.2) is 0 Å². The van der Waals surface area contributed by atoms with Gasteiger partial charge < -0.3 is 15.3 Å². The van der Waals surface area contributed by atoms with E-state index in [4.69, 9.17) is 5.11 Å². The maximum absolute atomic E-state index is 9.09. The molecule has 1 aliphatic carbocycles. The molecule has 2 aliphatic rings. The molecule has 3 heteroatoms. The summed E-state index contributed by atoms with van der Waals surface area (Å²) in [5, 5.41) is 12.7. The number of likely N-dealkylation sites (N-methyl/N-ethyl adjacent to an activating group) is 1. The first kappa shape index (κ1) is 8.48. The summed E-state index contributed by atoms with van der Waals surface area (Å²) in [6.45, 7) is 2.39. The van der Waals surface area contributed by atoms with Crippen molar-refractivity contribution in [2.24, 2.45) is 0 Å². The van der Waals surface area contributed by atoms with Gasteiger partial charge in [0.1, 0.15) is 0 Å². The molecule has 2 fully saturated rings. The Kier molecular flexibility index (Phi) is 2.35. The van der Waals surface area contributed by atoms with E-state index in [0.717, 1.165) is 12.8 Å². The molecule has 1 aliphatic heterocycles. The van der Waals surface area contributed by atoms with Crippen LogP contribution in [-0.2, 0) is 0 Å². The van der Waals surface area contributed by atoms with Crippen molar-refractivity contribution in [2.75, 3.05) is 20.1 Å². The molecule has 0 radical (unpaired) electrons. The van der Waals surface area contributed by atoms with E-state index in [1.165, 1.54) is 19.5 Å². The Hall–Kier alpha value is -0.120. The molecule has 1 saturated carbocycles. The summed E-state index contributed by atoms with van der Waals surface area (Å²) in [5.74, 6) is 0. The van der Waals surface area contributed by atoms with E-state index < -0.39 is 0 Å². The highest BCUT2D eigenvalue weighted by Crippen LogP contribution is 2.21. The van der Waals surface area contributed by atoms with Gasteiger partial charge in [0.05, 0.1) is 6.10 Å². The molecule has 0 amide bonds. The molecule has 0 aromatic rings. The minimum absolute atomic E-state index is 0.0263. The quantitative estimate of drug-likeness (QED) is 0.602. The Labute approximate surface area is 73.8 Å². The van der Waals surface area contributed by atoms with E-state index in [1.807, 2.05) is 0 Å². The molecule has 0 aromatic heterocycles. The van der Waals surface area contributed by atoms with Crippen molar-refractivity contribution < 1.29 is 5.11 Å². The van der Waals surface area contributed by atoms with Crippen LogP contribution >= 0.6 is 0 Å². The molecule has 1 heterocycles. The highest BCUT2D eigenvalue weighted by molar-refractivity contribution is 4.89. The fourth-order valence-corrected chi connectivity index (χ4v) is 2.13. The van der Waals surface area contributed by atoms with E-state index >= 15 is 0 Å². The Morgan fingerprint density at radius 2 is 2.08 bits per heavy atom. The molecule has 2 N–H and O–H groups in total. The summed E-state index contributed by atoms with van der Waals surface area (Å²) in [4.78, 5) is 2.35. The first-order valence-corrected chi connectivity index (χ1v) is 4.86. The number of nitrogens with zero attached hydrogens (tertiary/aromatic N) is 1. The molecule has 1 atom stereocenters. The zero-order chi connectivity index (χ0) is 8.55. The van der Waals surface area contributed by atoms with Crippen LogP contribution in [-0.4, -0.2) is 48.3 Å². The lowest BCUT2D eigenvalue weighted by Gasteiger charge is -2.34. The molecule has 2 rings (SSSR count). The van der Waals surface area contributed by atoms with Crippen LogP contribution in [0.1, 0.15) is 19.3 Å². The number of hydrogen-bond acceptors (Lipinski definition) is 3. The second-order valence-corrected chi connectivity index (χ2v) is 4.24. The number of rotatable bonds is 2. The van der Waals surface area contributed by atoms with Crippen LogP contribution in [0.3, 0.4) is 0 Å². The third-order valence-electron chi connectivity index (χ3n) is 2.98. The summed E-state index contributed by atoms with van der Waals surface area (Å²) >= 11 is 0. The van der Waals surface area contributed by atoms with E-state index in [0.29, 0.717) is 12.1 Å². The fraction of sp³-hybridized carbons (Fsp3) is 1.00. The summed E-state index contributed by atoms with van der Waals surface area (Å²) in [6, 6.07) is 1.27. The standard InChI is InChI=1S/C9H18N2O/c1-11-3-2-7(6-11)10-8-4-9(12)5-8/h7-10,12H,2-6H2,1H3/t7-,8-,9+/m1/s1. The number of likely N-dealkylation sites (tertiary alicyclic amines) is 1. The van der Waals surface area contributed by atoms with Crippen molar-refractivity contribution in [3.05, 3.63) is 0 Å². The molecule has 12 heavy (non-hydrogen) atoms. The molecular formula is C9H18N2O. The van der Waals surface area contributed by atoms with Crippen LogP contribution in [0.4, 0.5) is 0 Å². The van der Waals surface area contributed by atoms with Gasteiger partial charge in [0.25, 0.3) is 0 Å². The van der Waals surface area contributed by atoms with Crippen molar-refractivity contribution in [1.29, 1.82) is 0 Å². The summed E-state index contributed by atoms with van der Waals surface area (Å²) in [5.41, 5.74) is 0. The average molecular weight is 170 g/mol. The first-order valence-electron chi connectivity index (χ1n) is 4.86. The Balaban J connectivity index is 1.67. The van der Waals surface area contributed by atoms with Gasteiger partial charge in [0, 0.05) is 18.6 Å². The molecule has 0 aromatic carbocycles. The Morgan fingerprint density at radius 3 is 2.58 bits per heavy atom. The Bertz CT molecular complexity index is 157. The summed E-state index contributed by atoms with van der Waals surface area (Å²) in [6.07, 6.45) is 3.16. The molecular weight excluding hydrogens is 152 g/mol. The number of nitrogens with one attached hydrogen (secondary N) is 1. The van der Waals surface area contributed by atoms with Crippen molar-refractivity contribution in [3.8, 4) is 0 Å². The van der Waals surface area contributed by atoms with E-state index in [2.05, 4.69) is 17.3 Å². The Morgan fingerprint density at radius 1 is 1.33 bits per heavy atom. The maximum Gasteiger partial charge on any atom is 0.0570 e. The third-order valence-corrected chi connectivity index (χ3v) is 2.98. The zero-order valence-corrected chi connectivity index (χ0v) is 7.66. The minimum Gasteiger partial charge on any atom is -0.393 e. The average Bonchev–Trinajstić information content (AvgIpc) is 2.33. The third kappa shape index (κ3) is 1.79. The number of hydrogen-bond donors (Lipinski definition) is 2. The van der Waals surface area contributed by atoms with Gasteiger partial charge in [-0.05, 0) is 32.9 Å². The fourth-order valence-electron chi connectivity index (χ4n) is 2.13. The molecule has 0 spiro atoms. The number of aliphatic hydroxyl groups excluding tert-OH is 1. The topological polar surface area (TPSA) is 35.5 Å². The lowest BCUT2D eigenvalue weighted by Crippen LogP contribution is -2.49. The largest absolute Gasteiger partial charge is 0.393 e. The predicted molar refractivity (Wildman–Crippen MR) is 48.1 cm³/mol. The van der Waals surface area contributed by atoms with E-state index in [1.54, 1.807) is 0 Å². The van der Waals surface area contributed by atoms with Crippen LogP contribution in [0, 0.1) is 0 Å². The van der Waals surface area contributed by atoms with E-state index in [-0.39, 0.29) is 6.10 Å². The molecule has 1 saturated heterocycles.